The van der Waals surface area contributed by atoms with Crippen LogP contribution >= 0.6 is 0 Å². The van der Waals surface area contributed by atoms with Gasteiger partial charge in [-0.1, -0.05) is 0 Å². The minimum atomic E-state index is -0.310. The predicted molar refractivity (Wildman–Crippen MR) is 25.0 cm³/mol. The first-order valence-corrected chi connectivity index (χ1v) is 1.63. The van der Waals surface area contributed by atoms with E-state index in [9.17, 15) is 0 Å². The van der Waals surface area contributed by atoms with Crippen LogP contribution in [-0.4, -0.2) is 5.96 Å². The molecule has 0 aliphatic carbocycles. The van der Waals surface area contributed by atoms with Crippen molar-refractivity contribution < 1.29 is 0 Å². The highest BCUT2D eigenvalue weighted by atomic mass is 15.1. The maximum atomic E-state index is 7.78. The number of guanidine groups is 1. The van der Waals surface area contributed by atoms with Crippen LogP contribution < -0.4 is 11.1 Å². The maximum Gasteiger partial charge on any atom is 0.241 e. The standard InChI is InChI=1S/C3H2N5/c4-1-7-3(6)8-2-5/h(H2,6,7). The topological polar surface area (TPSA) is 100 Å². The van der Waals surface area contributed by atoms with E-state index in [1.165, 1.54) is 12.4 Å². The molecule has 0 amide bonds. The monoisotopic (exact) mass is 108 g/mol. The van der Waals surface area contributed by atoms with Gasteiger partial charge in [-0.2, -0.15) is 10.5 Å². The molecule has 8 heavy (non-hydrogen) atoms. The van der Waals surface area contributed by atoms with E-state index >= 15 is 0 Å². The lowest BCUT2D eigenvalue weighted by atomic mass is 10.9. The number of nitrogens with two attached hydrogens (primary N) is 1. The summed E-state index contributed by atoms with van der Waals surface area (Å²) in [5.41, 5.74) is 4.83. The third kappa shape index (κ3) is 2.49. The molecule has 0 bridgehead atoms. The van der Waals surface area contributed by atoms with Gasteiger partial charge >= 0.3 is 0 Å². The smallest absolute Gasteiger partial charge is 0.241 e. The lowest BCUT2D eigenvalue weighted by Gasteiger charge is -1.80. The van der Waals surface area contributed by atoms with Gasteiger partial charge in [0.1, 0.15) is 0 Å². The Bertz CT molecular complexity index is 167. The van der Waals surface area contributed by atoms with Crippen molar-refractivity contribution >= 4 is 5.96 Å². The number of rotatable bonds is 0. The van der Waals surface area contributed by atoms with Crippen molar-refractivity contribution in [3.8, 4) is 12.4 Å². The molecule has 0 unspecified atom stereocenters. The highest BCUT2D eigenvalue weighted by Crippen LogP contribution is 1.59. The Hall–Kier alpha value is -1.75. The van der Waals surface area contributed by atoms with Gasteiger partial charge in [0.25, 0.3) is 0 Å². The van der Waals surface area contributed by atoms with E-state index in [-0.39, 0.29) is 5.96 Å². The van der Waals surface area contributed by atoms with Crippen LogP contribution in [0.2, 0.25) is 0 Å². The van der Waals surface area contributed by atoms with Crippen molar-refractivity contribution in [2.45, 2.75) is 0 Å². The van der Waals surface area contributed by atoms with Gasteiger partial charge in [0.05, 0.1) is 0 Å². The van der Waals surface area contributed by atoms with Crippen molar-refractivity contribution in [3.05, 3.63) is 0 Å². The number of nitriles is 2. The summed E-state index contributed by atoms with van der Waals surface area (Å²) in [5, 5.41) is 18.5. The van der Waals surface area contributed by atoms with E-state index < -0.39 is 0 Å². The fourth-order valence-corrected chi connectivity index (χ4v) is 0.127. The first kappa shape index (κ1) is 6.25. The van der Waals surface area contributed by atoms with Crippen LogP contribution in [0.4, 0.5) is 0 Å². The lowest BCUT2D eigenvalue weighted by Crippen LogP contribution is -2.20. The molecule has 0 aromatic rings. The Morgan fingerprint density at radius 3 is 2.38 bits per heavy atom. The van der Waals surface area contributed by atoms with E-state index in [2.05, 4.69) is 10.3 Å². The first-order valence-electron chi connectivity index (χ1n) is 1.63. The summed E-state index contributed by atoms with van der Waals surface area (Å²) in [7, 11) is 0. The molecule has 0 spiro atoms. The Balaban J connectivity index is 3.71. The Kier molecular flexibility index (Phi) is 2.69. The van der Waals surface area contributed by atoms with Crippen LogP contribution in [-0.2, 0) is 0 Å². The molecular formula is C3H2N5. The molecule has 0 aliphatic rings. The van der Waals surface area contributed by atoms with Gasteiger partial charge in [0, 0.05) is 0 Å². The lowest BCUT2D eigenvalue weighted by molar-refractivity contribution is 1.20. The molecule has 0 aromatic carbocycles. The molecule has 5 nitrogen and oxygen atoms in total. The summed E-state index contributed by atoms with van der Waals surface area (Å²) in [6.45, 7) is 0. The molecule has 0 aromatic heterocycles. The molecular weight excluding hydrogens is 106 g/mol. The summed E-state index contributed by atoms with van der Waals surface area (Å²) in [6.07, 6.45) is 2.74. The minimum absolute atomic E-state index is 0.310. The van der Waals surface area contributed by atoms with Crippen molar-refractivity contribution in [3.63, 3.8) is 0 Å². The zero-order chi connectivity index (χ0) is 6.41. The zero-order valence-electron chi connectivity index (χ0n) is 3.87. The number of hydrogen-bond acceptors (Lipinski definition) is 3. The van der Waals surface area contributed by atoms with Crippen molar-refractivity contribution in [2.24, 2.45) is 10.7 Å². The highest BCUT2D eigenvalue weighted by molar-refractivity contribution is 5.79. The van der Waals surface area contributed by atoms with Crippen LogP contribution in [0.1, 0.15) is 0 Å². The molecule has 1 radical (unpaired) electrons. The van der Waals surface area contributed by atoms with E-state index in [0.717, 1.165) is 0 Å². The van der Waals surface area contributed by atoms with Gasteiger partial charge < -0.3 is 5.73 Å². The molecule has 0 aliphatic heterocycles. The Labute approximate surface area is 46.0 Å². The Morgan fingerprint density at radius 1 is 1.38 bits per heavy atom. The normalized spacial score (nSPS) is 9.00. The summed E-state index contributed by atoms with van der Waals surface area (Å²) in [4.78, 5) is 2.93. The summed E-state index contributed by atoms with van der Waals surface area (Å²) in [5.74, 6) is -0.310. The molecule has 2 N–H and O–H groups in total. The van der Waals surface area contributed by atoms with E-state index in [1.807, 2.05) is 0 Å². The number of hydrogen-bond donors (Lipinski definition) is 1. The summed E-state index contributed by atoms with van der Waals surface area (Å²) >= 11 is 0. The van der Waals surface area contributed by atoms with Gasteiger partial charge in [0.15, 0.2) is 0 Å². The van der Waals surface area contributed by atoms with Crippen LogP contribution in [0.15, 0.2) is 4.99 Å². The fraction of sp³-hybridized carbons (Fsp3) is 0. The minimum Gasteiger partial charge on any atom is -0.367 e. The molecule has 5 heteroatoms. The van der Waals surface area contributed by atoms with Crippen LogP contribution in [0.3, 0.4) is 0 Å². The molecule has 39 valence electrons. The Morgan fingerprint density at radius 2 is 2.00 bits per heavy atom. The van der Waals surface area contributed by atoms with Gasteiger partial charge in [-0.15, -0.1) is 10.3 Å². The molecule has 0 rings (SSSR count). The van der Waals surface area contributed by atoms with E-state index in [1.54, 1.807) is 0 Å². The second-order valence-corrected chi connectivity index (χ2v) is 0.782. The van der Waals surface area contributed by atoms with Crippen molar-refractivity contribution in [2.75, 3.05) is 0 Å². The first-order chi connectivity index (χ1) is 3.81. The molecule has 0 fully saturated rings. The zero-order valence-corrected chi connectivity index (χ0v) is 3.87. The summed E-state index contributed by atoms with van der Waals surface area (Å²) < 4.78 is 0. The van der Waals surface area contributed by atoms with Gasteiger partial charge in [-0.3, -0.25) is 0 Å². The third-order valence-electron chi connectivity index (χ3n) is 0.329. The molecule has 0 heterocycles. The average Bonchev–Trinajstić information content (AvgIpc) is 1.68. The molecule has 0 saturated heterocycles. The largest absolute Gasteiger partial charge is 0.367 e. The number of nitrogens with zero attached hydrogens (tertiary/aromatic N) is 4. The number of aliphatic imine (C=N–C) groups is 1. The predicted octanol–water partition coefficient (Wildman–Crippen LogP) is -1.13. The maximum absolute atomic E-state index is 7.78. The van der Waals surface area contributed by atoms with E-state index in [0.29, 0.717) is 0 Å². The van der Waals surface area contributed by atoms with E-state index in [4.69, 9.17) is 16.3 Å². The van der Waals surface area contributed by atoms with Gasteiger partial charge in [-0.25, -0.2) is 0 Å². The summed E-state index contributed by atoms with van der Waals surface area (Å²) in [6, 6.07) is 0. The van der Waals surface area contributed by atoms with Crippen molar-refractivity contribution in [1.82, 2.24) is 5.32 Å². The second kappa shape index (κ2) is 3.44. The highest BCUT2D eigenvalue weighted by Gasteiger charge is 1.85. The average molecular weight is 108 g/mol. The van der Waals surface area contributed by atoms with Crippen LogP contribution in [0.5, 0.6) is 0 Å². The fourth-order valence-electron chi connectivity index (χ4n) is 0.127. The van der Waals surface area contributed by atoms with Gasteiger partial charge in [0.2, 0.25) is 18.3 Å². The van der Waals surface area contributed by atoms with Crippen LogP contribution in [0, 0.1) is 22.9 Å². The SMILES string of the molecule is N#C[N]/C(N)=N/C#N. The van der Waals surface area contributed by atoms with Crippen molar-refractivity contribution in [1.29, 1.82) is 10.5 Å². The quantitative estimate of drug-likeness (QED) is 0.241. The van der Waals surface area contributed by atoms with Crippen LogP contribution in [0.25, 0.3) is 0 Å². The molecule has 0 atom stereocenters. The van der Waals surface area contributed by atoms with Gasteiger partial charge in [-0.05, 0) is 0 Å². The molecule has 0 saturated carbocycles. The third-order valence-corrected chi connectivity index (χ3v) is 0.329. The second-order valence-electron chi connectivity index (χ2n) is 0.782.